The van der Waals surface area contributed by atoms with E-state index < -0.39 is 0 Å². The van der Waals surface area contributed by atoms with Gasteiger partial charge in [-0.15, -0.1) is 22.7 Å². The Hall–Kier alpha value is -0.710. The lowest BCUT2D eigenvalue weighted by Crippen LogP contribution is -2.22. The number of aryl methyl sites for hydroxylation is 3. The summed E-state index contributed by atoms with van der Waals surface area (Å²) in [5.74, 6) is 0. The fourth-order valence-corrected chi connectivity index (χ4v) is 4.87. The van der Waals surface area contributed by atoms with E-state index in [1.165, 1.54) is 29.1 Å². The van der Waals surface area contributed by atoms with E-state index in [4.69, 9.17) is 0 Å². The van der Waals surface area contributed by atoms with E-state index in [9.17, 15) is 0 Å². The summed E-state index contributed by atoms with van der Waals surface area (Å²) in [4.78, 5) is 7.72. The smallest absolute Gasteiger partial charge is 0.0947 e. The van der Waals surface area contributed by atoms with Gasteiger partial charge < -0.3 is 5.32 Å². The van der Waals surface area contributed by atoms with Crippen molar-refractivity contribution in [1.29, 1.82) is 0 Å². The molecule has 0 saturated carbocycles. The van der Waals surface area contributed by atoms with Gasteiger partial charge in [0, 0.05) is 33.3 Å². The Labute approximate surface area is 122 Å². The molecule has 2 aromatic rings. The number of rotatable bonds is 5. The first-order valence-corrected chi connectivity index (χ1v) is 8.71. The van der Waals surface area contributed by atoms with Gasteiger partial charge in [-0.25, -0.2) is 4.98 Å². The van der Waals surface area contributed by atoms with Crippen LogP contribution in [-0.4, -0.2) is 11.5 Å². The maximum atomic E-state index is 4.60. The number of hydrogen-bond donors (Lipinski definition) is 1. The summed E-state index contributed by atoms with van der Waals surface area (Å²) >= 11 is 3.79. The van der Waals surface area contributed by atoms with Crippen molar-refractivity contribution in [2.45, 2.75) is 45.6 Å². The molecule has 0 aromatic carbocycles. The van der Waals surface area contributed by atoms with Crippen LogP contribution in [0.5, 0.6) is 0 Å². The Morgan fingerprint density at radius 2 is 2.32 bits per heavy atom. The van der Waals surface area contributed by atoms with Crippen molar-refractivity contribution in [2.75, 3.05) is 6.54 Å². The quantitative estimate of drug-likeness (QED) is 0.904. The van der Waals surface area contributed by atoms with Crippen LogP contribution in [0, 0.1) is 6.92 Å². The topological polar surface area (TPSA) is 24.9 Å². The summed E-state index contributed by atoms with van der Waals surface area (Å²) in [5, 5.41) is 7.02. The van der Waals surface area contributed by atoms with Crippen molar-refractivity contribution in [1.82, 2.24) is 10.3 Å². The summed E-state index contributed by atoms with van der Waals surface area (Å²) < 4.78 is 0. The molecule has 1 unspecified atom stereocenters. The second kappa shape index (κ2) is 5.73. The highest BCUT2D eigenvalue weighted by Gasteiger charge is 2.20. The van der Waals surface area contributed by atoms with Crippen LogP contribution in [-0.2, 0) is 19.3 Å². The van der Waals surface area contributed by atoms with E-state index in [1.54, 1.807) is 21.8 Å². The molecule has 102 valence electrons. The lowest BCUT2D eigenvalue weighted by atomic mass is 10.1. The van der Waals surface area contributed by atoms with Gasteiger partial charge in [-0.05, 0) is 44.4 Å². The predicted molar refractivity (Wildman–Crippen MR) is 83.3 cm³/mol. The third kappa shape index (κ3) is 2.91. The minimum atomic E-state index is 0.436. The summed E-state index contributed by atoms with van der Waals surface area (Å²) in [5.41, 5.74) is 2.74. The molecule has 0 spiro atoms. The van der Waals surface area contributed by atoms with Crippen LogP contribution in [0.25, 0.3) is 0 Å². The summed E-state index contributed by atoms with van der Waals surface area (Å²) in [6.45, 7) is 5.26. The molecular formula is C15H20N2S2. The molecule has 2 aromatic heterocycles. The van der Waals surface area contributed by atoms with Gasteiger partial charge in [-0.3, -0.25) is 0 Å². The largest absolute Gasteiger partial charge is 0.309 e. The molecule has 1 aliphatic rings. The molecule has 0 saturated heterocycles. The molecule has 1 N–H and O–H groups in total. The average molecular weight is 292 g/mol. The number of likely N-dealkylation sites (N-methyl/N-ethyl adjacent to an activating group) is 1. The van der Waals surface area contributed by atoms with Crippen LogP contribution in [0.4, 0.5) is 0 Å². The van der Waals surface area contributed by atoms with Gasteiger partial charge in [0.25, 0.3) is 0 Å². The number of hydrogen-bond acceptors (Lipinski definition) is 4. The van der Waals surface area contributed by atoms with Crippen molar-refractivity contribution in [3.63, 3.8) is 0 Å². The van der Waals surface area contributed by atoms with Crippen LogP contribution < -0.4 is 5.32 Å². The van der Waals surface area contributed by atoms with E-state index in [1.807, 2.05) is 11.3 Å². The Kier molecular flexibility index (Phi) is 4.01. The number of thiazole rings is 1. The Balaban J connectivity index is 1.79. The molecule has 4 heteroatoms. The monoisotopic (exact) mass is 292 g/mol. The van der Waals surface area contributed by atoms with Gasteiger partial charge in [0.05, 0.1) is 5.01 Å². The summed E-state index contributed by atoms with van der Waals surface area (Å²) in [6, 6.07) is 2.87. The SMILES string of the molecule is CCNC(Cc1nc(C)cs1)c1cc2c(s1)CCC2. The zero-order valence-electron chi connectivity index (χ0n) is 11.5. The lowest BCUT2D eigenvalue weighted by Gasteiger charge is -2.15. The van der Waals surface area contributed by atoms with Gasteiger partial charge in [-0.1, -0.05) is 6.92 Å². The van der Waals surface area contributed by atoms with Crippen LogP contribution in [0.2, 0.25) is 0 Å². The first-order valence-electron chi connectivity index (χ1n) is 7.02. The van der Waals surface area contributed by atoms with Crippen molar-refractivity contribution in [3.05, 3.63) is 37.5 Å². The Morgan fingerprint density at radius 1 is 1.42 bits per heavy atom. The maximum absolute atomic E-state index is 4.60. The molecule has 0 aliphatic heterocycles. The second-order valence-corrected chi connectivity index (χ2v) is 7.26. The number of thiophene rings is 1. The molecule has 0 amide bonds. The first-order chi connectivity index (χ1) is 9.26. The first kappa shape index (κ1) is 13.3. The lowest BCUT2D eigenvalue weighted by molar-refractivity contribution is 0.556. The van der Waals surface area contributed by atoms with E-state index in [0.717, 1.165) is 18.7 Å². The third-order valence-corrected chi connectivity index (χ3v) is 5.94. The molecule has 0 fully saturated rings. The molecule has 19 heavy (non-hydrogen) atoms. The van der Waals surface area contributed by atoms with E-state index in [2.05, 4.69) is 35.6 Å². The number of nitrogens with zero attached hydrogens (tertiary/aromatic N) is 1. The van der Waals surface area contributed by atoms with Crippen molar-refractivity contribution in [3.8, 4) is 0 Å². The fourth-order valence-electron chi connectivity index (χ4n) is 2.71. The highest BCUT2D eigenvalue weighted by Crippen LogP contribution is 2.35. The van der Waals surface area contributed by atoms with Crippen LogP contribution in [0.15, 0.2) is 11.4 Å². The highest BCUT2D eigenvalue weighted by atomic mass is 32.1. The van der Waals surface area contributed by atoms with Crippen LogP contribution >= 0.6 is 22.7 Å². The van der Waals surface area contributed by atoms with Crippen LogP contribution in [0.1, 0.15) is 45.4 Å². The van der Waals surface area contributed by atoms with Crippen molar-refractivity contribution >= 4 is 22.7 Å². The van der Waals surface area contributed by atoms with Crippen molar-refractivity contribution < 1.29 is 0 Å². The minimum absolute atomic E-state index is 0.436. The predicted octanol–water partition coefficient (Wildman–Crippen LogP) is 3.90. The molecule has 2 heterocycles. The zero-order valence-corrected chi connectivity index (χ0v) is 13.2. The van der Waals surface area contributed by atoms with E-state index in [-0.39, 0.29) is 0 Å². The minimum Gasteiger partial charge on any atom is -0.309 e. The van der Waals surface area contributed by atoms with Crippen molar-refractivity contribution in [2.24, 2.45) is 0 Å². The average Bonchev–Trinajstić information content (AvgIpc) is 3.03. The standard InChI is InChI=1S/C15H20N2S2/c1-3-16-12(8-15-17-10(2)9-18-15)14-7-11-5-4-6-13(11)19-14/h7,9,12,16H,3-6,8H2,1-2H3. The molecule has 1 atom stereocenters. The molecule has 0 radical (unpaired) electrons. The number of fused-ring (bicyclic) bond motifs is 1. The van der Waals surface area contributed by atoms with E-state index >= 15 is 0 Å². The second-order valence-electron chi connectivity index (χ2n) is 5.15. The number of aromatic nitrogens is 1. The molecular weight excluding hydrogens is 272 g/mol. The normalized spacial score (nSPS) is 15.7. The van der Waals surface area contributed by atoms with Gasteiger partial charge in [0.1, 0.15) is 0 Å². The molecule has 2 nitrogen and oxygen atoms in total. The summed E-state index contributed by atoms with van der Waals surface area (Å²) in [7, 11) is 0. The highest BCUT2D eigenvalue weighted by molar-refractivity contribution is 7.12. The third-order valence-electron chi connectivity index (χ3n) is 3.60. The Bertz CT molecular complexity index is 535. The zero-order chi connectivity index (χ0) is 13.2. The van der Waals surface area contributed by atoms with Gasteiger partial charge in [0.2, 0.25) is 0 Å². The Morgan fingerprint density at radius 3 is 3.00 bits per heavy atom. The molecule has 0 bridgehead atoms. The fraction of sp³-hybridized carbons (Fsp3) is 0.533. The molecule has 3 rings (SSSR count). The summed E-state index contributed by atoms with van der Waals surface area (Å²) in [6.07, 6.45) is 4.93. The maximum Gasteiger partial charge on any atom is 0.0947 e. The molecule has 1 aliphatic carbocycles. The van der Waals surface area contributed by atoms with Gasteiger partial charge in [-0.2, -0.15) is 0 Å². The number of nitrogens with one attached hydrogen (secondary N) is 1. The van der Waals surface area contributed by atoms with Gasteiger partial charge >= 0.3 is 0 Å². The van der Waals surface area contributed by atoms with Crippen LogP contribution in [0.3, 0.4) is 0 Å². The van der Waals surface area contributed by atoms with E-state index in [0.29, 0.717) is 6.04 Å². The van der Waals surface area contributed by atoms with Gasteiger partial charge in [0.15, 0.2) is 0 Å².